The number of hydrogen-bond donors (Lipinski definition) is 0. The zero-order chi connectivity index (χ0) is 12.5. The second-order valence-electron chi connectivity index (χ2n) is 5.04. The SMILES string of the molecule is Cc1cc(C)n(C2CN(Cc3ccccn3)C2)n1. The normalized spacial score (nSPS) is 16.8. The Labute approximate surface area is 107 Å². The number of rotatable bonds is 3. The first-order valence-electron chi connectivity index (χ1n) is 6.37. The van der Waals surface area contributed by atoms with Gasteiger partial charge in [0.1, 0.15) is 0 Å². The molecule has 0 spiro atoms. The predicted molar refractivity (Wildman–Crippen MR) is 70.3 cm³/mol. The third-order valence-electron chi connectivity index (χ3n) is 3.44. The summed E-state index contributed by atoms with van der Waals surface area (Å²) >= 11 is 0. The van der Waals surface area contributed by atoms with Crippen molar-refractivity contribution in [2.24, 2.45) is 0 Å². The number of nitrogens with zero attached hydrogens (tertiary/aromatic N) is 4. The fourth-order valence-electron chi connectivity index (χ4n) is 2.56. The molecule has 2 aromatic rings. The van der Waals surface area contributed by atoms with Crippen molar-refractivity contribution in [2.45, 2.75) is 26.4 Å². The highest BCUT2D eigenvalue weighted by molar-refractivity contribution is 5.10. The van der Waals surface area contributed by atoms with E-state index in [0.717, 1.165) is 31.0 Å². The Bertz CT molecular complexity index is 526. The van der Waals surface area contributed by atoms with Gasteiger partial charge in [-0.3, -0.25) is 14.6 Å². The third kappa shape index (κ3) is 2.16. The molecule has 0 atom stereocenters. The van der Waals surface area contributed by atoms with Gasteiger partial charge in [0.15, 0.2) is 0 Å². The van der Waals surface area contributed by atoms with Crippen LogP contribution >= 0.6 is 0 Å². The van der Waals surface area contributed by atoms with Crippen LogP contribution in [0.2, 0.25) is 0 Å². The molecule has 18 heavy (non-hydrogen) atoms. The lowest BCUT2D eigenvalue weighted by molar-refractivity contribution is 0.0880. The fraction of sp³-hybridized carbons (Fsp3) is 0.429. The largest absolute Gasteiger partial charge is 0.293 e. The van der Waals surface area contributed by atoms with Gasteiger partial charge >= 0.3 is 0 Å². The van der Waals surface area contributed by atoms with E-state index in [1.807, 2.05) is 25.3 Å². The van der Waals surface area contributed by atoms with E-state index in [4.69, 9.17) is 0 Å². The lowest BCUT2D eigenvalue weighted by Gasteiger charge is -2.39. The summed E-state index contributed by atoms with van der Waals surface area (Å²) in [5.41, 5.74) is 3.51. The minimum atomic E-state index is 0.530. The van der Waals surface area contributed by atoms with Crippen molar-refractivity contribution in [3.8, 4) is 0 Å². The van der Waals surface area contributed by atoms with Gasteiger partial charge in [0.2, 0.25) is 0 Å². The van der Waals surface area contributed by atoms with Gasteiger partial charge in [-0.15, -0.1) is 0 Å². The highest BCUT2D eigenvalue weighted by Gasteiger charge is 2.29. The summed E-state index contributed by atoms with van der Waals surface area (Å²) in [6.07, 6.45) is 1.85. The van der Waals surface area contributed by atoms with Crippen LogP contribution in [0.1, 0.15) is 23.1 Å². The lowest BCUT2D eigenvalue weighted by atomic mass is 10.1. The van der Waals surface area contributed by atoms with Gasteiger partial charge in [0.25, 0.3) is 0 Å². The predicted octanol–water partition coefficient (Wildman–Crippen LogP) is 1.95. The van der Waals surface area contributed by atoms with Crippen molar-refractivity contribution < 1.29 is 0 Å². The summed E-state index contributed by atoms with van der Waals surface area (Å²) in [6, 6.07) is 8.75. The molecule has 0 aromatic carbocycles. The molecule has 1 fully saturated rings. The molecule has 4 nitrogen and oxygen atoms in total. The first-order chi connectivity index (χ1) is 8.72. The molecule has 0 unspecified atom stereocenters. The highest BCUT2D eigenvalue weighted by Crippen LogP contribution is 2.23. The average Bonchev–Trinajstić information content (AvgIpc) is 2.64. The fourth-order valence-corrected chi connectivity index (χ4v) is 2.56. The molecule has 4 heteroatoms. The summed E-state index contributed by atoms with van der Waals surface area (Å²) < 4.78 is 2.16. The van der Waals surface area contributed by atoms with Gasteiger partial charge < -0.3 is 0 Å². The number of aryl methyl sites for hydroxylation is 2. The van der Waals surface area contributed by atoms with Crippen LogP contribution in [-0.4, -0.2) is 32.8 Å². The number of aromatic nitrogens is 3. The third-order valence-corrected chi connectivity index (χ3v) is 3.44. The van der Waals surface area contributed by atoms with Crippen LogP contribution in [0.15, 0.2) is 30.5 Å². The maximum absolute atomic E-state index is 4.55. The number of likely N-dealkylation sites (tertiary alicyclic amines) is 1. The minimum Gasteiger partial charge on any atom is -0.293 e. The molecule has 3 heterocycles. The van der Waals surface area contributed by atoms with Gasteiger partial charge in [0, 0.05) is 31.5 Å². The summed E-state index contributed by atoms with van der Waals surface area (Å²) in [4.78, 5) is 6.76. The second kappa shape index (κ2) is 4.53. The topological polar surface area (TPSA) is 34.0 Å². The second-order valence-corrected chi connectivity index (χ2v) is 5.04. The molecule has 0 N–H and O–H groups in total. The van der Waals surface area contributed by atoms with E-state index >= 15 is 0 Å². The first kappa shape index (κ1) is 11.4. The molecule has 1 aliphatic rings. The van der Waals surface area contributed by atoms with Crippen LogP contribution in [0.3, 0.4) is 0 Å². The van der Waals surface area contributed by atoms with Gasteiger partial charge in [0.05, 0.1) is 17.4 Å². The summed E-state index contributed by atoms with van der Waals surface area (Å²) in [6.45, 7) is 7.25. The van der Waals surface area contributed by atoms with Crippen molar-refractivity contribution >= 4 is 0 Å². The van der Waals surface area contributed by atoms with E-state index in [9.17, 15) is 0 Å². The van der Waals surface area contributed by atoms with Crippen LogP contribution in [0.5, 0.6) is 0 Å². The Kier molecular flexibility index (Phi) is 2.88. The van der Waals surface area contributed by atoms with Crippen LogP contribution in [0.4, 0.5) is 0 Å². The lowest BCUT2D eigenvalue weighted by Crippen LogP contribution is -2.47. The molecule has 0 saturated carbocycles. The molecule has 0 bridgehead atoms. The zero-order valence-electron chi connectivity index (χ0n) is 10.9. The molecule has 0 amide bonds. The Morgan fingerprint density at radius 2 is 2.11 bits per heavy atom. The van der Waals surface area contributed by atoms with Gasteiger partial charge in [-0.05, 0) is 32.0 Å². The van der Waals surface area contributed by atoms with Crippen molar-refractivity contribution in [1.29, 1.82) is 0 Å². The van der Waals surface area contributed by atoms with E-state index in [0.29, 0.717) is 6.04 Å². The Hall–Kier alpha value is -1.68. The van der Waals surface area contributed by atoms with Crippen LogP contribution in [-0.2, 0) is 6.54 Å². The van der Waals surface area contributed by atoms with E-state index in [1.54, 1.807) is 0 Å². The van der Waals surface area contributed by atoms with E-state index in [-0.39, 0.29) is 0 Å². The molecular formula is C14H18N4. The van der Waals surface area contributed by atoms with Crippen molar-refractivity contribution in [2.75, 3.05) is 13.1 Å². The average molecular weight is 242 g/mol. The number of hydrogen-bond acceptors (Lipinski definition) is 3. The minimum absolute atomic E-state index is 0.530. The molecule has 1 aliphatic heterocycles. The summed E-state index contributed by atoms with van der Waals surface area (Å²) in [5, 5.41) is 4.55. The van der Waals surface area contributed by atoms with Gasteiger partial charge in [-0.2, -0.15) is 5.10 Å². The van der Waals surface area contributed by atoms with Crippen LogP contribution in [0.25, 0.3) is 0 Å². The maximum atomic E-state index is 4.55. The van der Waals surface area contributed by atoms with Crippen LogP contribution in [0, 0.1) is 13.8 Å². The monoisotopic (exact) mass is 242 g/mol. The maximum Gasteiger partial charge on any atom is 0.0776 e. The summed E-state index contributed by atoms with van der Waals surface area (Å²) in [7, 11) is 0. The quantitative estimate of drug-likeness (QED) is 0.825. The van der Waals surface area contributed by atoms with Gasteiger partial charge in [-0.1, -0.05) is 6.07 Å². The highest BCUT2D eigenvalue weighted by atomic mass is 15.4. The molecular weight excluding hydrogens is 224 g/mol. The molecule has 0 aliphatic carbocycles. The Morgan fingerprint density at radius 3 is 2.72 bits per heavy atom. The standard InChI is InChI=1S/C14H18N4/c1-11-7-12(2)18(16-11)14-9-17(10-14)8-13-5-3-4-6-15-13/h3-7,14H,8-10H2,1-2H3. The van der Waals surface area contributed by atoms with E-state index in [1.165, 1.54) is 5.69 Å². The van der Waals surface area contributed by atoms with Gasteiger partial charge in [-0.25, -0.2) is 0 Å². The van der Waals surface area contributed by atoms with Crippen LogP contribution < -0.4 is 0 Å². The Balaban J connectivity index is 1.59. The molecule has 1 saturated heterocycles. The van der Waals surface area contributed by atoms with Crippen molar-refractivity contribution in [3.63, 3.8) is 0 Å². The van der Waals surface area contributed by atoms with Crippen molar-refractivity contribution in [1.82, 2.24) is 19.7 Å². The summed E-state index contributed by atoms with van der Waals surface area (Å²) in [5.74, 6) is 0. The molecule has 94 valence electrons. The van der Waals surface area contributed by atoms with E-state index < -0.39 is 0 Å². The Morgan fingerprint density at radius 1 is 1.28 bits per heavy atom. The number of pyridine rings is 1. The van der Waals surface area contributed by atoms with E-state index in [2.05, 4.69) is 38.7 Å². The molecule has 0 radical (unpaired) electrons. The van der Waals surface area contributed by atoms with Crippen molar-refractivity contribution in [3.05, 3.63) is 47.5 Å². The smallest absolute Gasteiger partial charge is 0.0776 e. The first-order valence-corrected chi connectivity index (χ1v) is 6.37. The zero-order valence-corrected chi connectivity index (χ0v) is 10.9. The molecule has 2 aromatic heterocycles. The molecule has 3 rings (SSSR count).